The van der Waals surface area contributed by atoms with E-state index in [1.807, 2.05) is 0 Å². The number of amides is 1. The predicted molar refractivity (Wildman–Crippen MR) is 68.4 cm³/mol. The van der Waals surface area contributed by atoms with Gasteiger partial charge in [0.25, 0.3) is 0 Å². The summed E-state index contributed by atoms with van der Waals surface area (Å²) in [5.41, 5.74) is 4.93. The maximum absolute atomic E-state index is 11.3. The molecule has 0 rings (SSSR count). The van der Waals surface area contributed by atoms with E-state index in [0.717, 1.165) is 18.2 Å². The number of carboxylic acids is 2. The van der Waals surface area contributed by atoms with Gasteiger partial charge in [0.15, 0.2) is 0 Å². The molecule has 19 heavy (non-hydrogen) atoms. The maximum Gasteiger partial charge on any atom is 0.317 e. The van der Waals surface area contributed by atoms with Crippen LogP contribution in [0.2, 0.25) is 0 Å². The Balaban J connectivity index is 4.41. The van der Waals surface area contributed by atoms with Crippen LogP contribution in [0, 0.1) is 12.3 Å². The second kappa shape index (κ2) is 8.52. The number of carbonyl (C=O) groups is 4. The zero-order valence-electron chi connectivity index (χ0n) is 10.4. The second-order valence-electron chi connectivity index (χ2n) is 3.91. The lowest BCUT2D eigenvalue weighted by Gasteiger charge is -2.15. The van der Waals surface area contributed by atoms with E-state index in [-0.39, 0.29) is 18.0 Å². The first-order valence-electron chi connectivity index (χ1n) is 5.43. The van der Waals surface area contributed by atoms with Gasteiger partial charge >= 0.3 is 11.9 Å². The maximum atomic E-state index is 11.3. The summed E-state index contributed by atoms with van der Waals surface area (Å²) in [4.78, 5) is 43.2. The third-order valence-electron chi connectivity index (χ3n) is 2.31. The summed E-state index contributed by atoms with van der Waals surface area (Å²) in [6.07, 6.45) is 0.751. The molecule has 107 valence electrons. The van der Waals surface area contributed by atoms with Gasteiger partial charge in [-0.05, 0) is 13.3 Å². The van der Waals surface area contributed by atoms with Crippen LogP contribution in [0.25, 0.3) is 0 Å². The average Bonchev–Trinajstić information content (AvgIpc) is 2.25. The second-order valence-corrected chi connectivity index (χ2v) is 5.14. The van der Waals surface area contributed by atoms with Gasteiger partial charge in [0, 0.05) is 11.7 Å². The van der Waals surface area contributed by atoms with Crippen molar-refractivity contribution in [2.45, 2.75) is 25.0 Å². The lowest BCUT2D eigenvalue weighted by molar-refractivity contribution is -0.142. The van der Waals surface area contributed by atoms with Crippen molar-refractivity contribution in [2.24, 2.45) is 11.7 Å². The van der Waals surface area contributed by atoms with Gasteiger partial charge in [0.05, 0.1) is 12.8 Å². The minimum Gasteiger partial charge on any atom is -0.481 e. The Bertz CT molecular complexity index is 370. The number of hydrogen-bond acceptors (Lipinski definition) is 5. The van der Waals surface area contributed by atoms with Gasteiger partial charge < -0.3 is 15.9 Å². The number of primary amides is 1. The summed E-state index contributed by atoms with van der Waals surface area (Å²) in [7, 11) is 0. The SMILES string of the molecule is CC(=O)C(C[CH]C(N)=O)CSC(CC(=O)O)C(=O)O. The lowest BCUT2D eigenvalue weighted by atomic mass is 10.0. The largest absolute Gasteiger partial charge is 0.481 e. The van der Waals surface area contributed by atoms with E-state index in [1.54, 1.807) is 0 Å². The molecule has 0 aromatic carbocycles. The normalized spacial score (nSPS) is 13.5. The highest BCUT2D eigenvalue weighted by Crippen LogP contribution is 2.21. The molecule has 4 N–H and O–H groups in total. The molecule has 2 unspecified atom stereocenters. The number of Topliss-reactive ketones (excluding diaryl/α,β-unsaturated/α-hetero) is 1. The smallest absolute Gasteiger partial charge is 0.317 e. The first kappa shape index (κ1) is 17.4. The molecule has 0 saturated carbocycles. The van der Waals surface area contributed by atoms with E-state index in [0.29, 0.717) is 0 Å². The summed E-state index contributed by atoms with van der Waals surface area (Å²) in [5, 5.41) is 16.3. The molecule has 2 atom stereocenters. The van der Waals surface area contributed by atoms with Gasteiger partial charge in [-0.25, -0.2) is 0 Å². The van der Waals surface area contributed by atoms with Crippen LogP contribution in [0.4, 0.5) is 0 Å². The van der Waals surface area contributed by atoms with Crippen molar-refractivity contribution in [3.8, 4) is 0 Å². The number of thioether (sulfide) groups is 1. The van der Waals surface area contributed by atoms with E-state index < -0.39 is 35.4 Å². The van der Waals surface area contributed by atoms with Crippen molar-refractivity contribution in [1.82, 2.24) is 0 Å². The Labute approximate surface area is 114 Å². The van der Waals surface area contributed by atoms with Crippen molar-refractivity contribution in [3.63, 3.8) is 0 Å². The van der Waals surface area contributed by atoms with Crippen molar-refractivity contribution in [3.05, 3.63) is 6.42 Å². The van der Waals surface area contributed by atoms with Crippen LogP contribution in [0.1, 0.15) is 19.8 Å². The Morgan fingerprint density at radius 3 is 2.21 bits per heavy atom. The molecule has 0 spiro atoms. The van der Waals surface area contributed by atoms with Gasteiger partial charge in [-0.3, -0.25) is 19.2 Å². The minimum atomic E-state index is -1.24. The zero-order chi connectivity index (χ0) is 15.0. The highest BCUT2D eigenvalue weighted by Gasteiger charge is 2.24. The van der Waals surface area contributed by atoms with Crippen LogP contribution in [0.3, 0.4) is 0 Å². The molecule has 7 nitrogen and oxygen atoms in total. The van der Waals surface area contributed by atoms with Crippen LogP contribution in [-0.2, 0) is 19.2 Å². The summed E-state index contributed by atoms with van der Waals surface area (Å²) >= 11 is 0.873. The number of rotatable bonds is 10. The van der Waals surface area contributed by atoms with Crippen molar-refractivity contribution in [1.29, 1.82) is 0 Å². The molecule has 0 aliphatic heterocycles. The summed E-state index contributed by atoms with van der Waals surface area (Å²) in [6.45, 7) is 1.33. The summed E-state index contributed by atoms with van der Waals surface area (Å²) in [5.74, 6) is -3.74. The van der Waals surface area contributed by atoms with Crippen molar-refractivity contribution in [2.75, 3.05) is 5.75 Å². The number of aliphatic carboxylic acids is 2. The van der Waals surface area contributed by atoms with Gasteiger partial charge in [0.1, 0.15) is 11.0 Å². The Hall–Kier alpha value is -1.57. The minimum absolute atomic E-state index is 0.122. The topological polar surface area (TPSA) is 135 Å². The Morgan fingerprint density at radius 1 is 1.26 bits per heavy atom. The highest BCUT2D eigenvalue weighted by atomic mass is 32.2. The van der Waals surface area contributed by atoms with Crippen LogP contribution in [0.5, 0.6) is 0 Å². The van der Waals surface area contributed by atoms with E-state index in [1.165, 1.54) is 6.92 Å². The first-order valence-corrected chi connectivity index (χ1v) is 6.48. The van der Waals surface area contributed by atoms with E-state index in [9.17, 15) is 19.2 Å². The molecule has 0 heterocycles. The molecule has 1 radical (unpaired) electrons. The van der Waals surface area contributed by atoms with Gasteiger partial charge in [-0.15, -0.1) is 11.8 Å². The van der Waals surface area contributed by atoms with Crippen LogP contribution < -0.4 is 5.73 Å². The van der Waals surface area contributed by atoms with E-state index in [2.05, 4.69) is 0 Å². The number of carbonyl (C=O) groups excluding carboxylic acids is 2. The molecule has 0 aliphatic rings. The van der Waals surface area contributed by atoms with Gasteiger partial charge in [-0.2, -0.15) is 0 Å². The number of carboxylic acid groups (broad SMARTS) is 2. The molecule has 0 aromatic heterocycles. The standard InChI is InChI=1S/C11H16NO6S/c1-6(13)7(2-3-9(12)14)5-19-8(11(17)18)4-10(15)16/h3,7-8H,2,4-5H2,1H3,(H2,12,14)(H,15,16)(H,17,18). The van der Waals surface area contributed by atoms with Gasteiger partial charge in [0.2, 0.25) is 5.91 Å². The van der Waals surface area contributed by atoms with E-state index >= 15 is 0 Å². The fourth-order valence-corrected chi connectivity index (χ4v) is 2.46. The number of nitrogens with two attached hydrogens (primary N) is 1. The molecule has 0 fully saturated rings. The highest BCUT2D eigenvalue weighted by molar-refractivity contribution is 8.00. The predicted octanol–water partition coefficient (Wildman–Crippen LogP) is -0.0676. The van der Waals surface area contributed by atoms with Gasteiger partial charge in [-0.1, -0.05) is 0 Å². The molecule has 0 bridgehead atoms. The average molecular weight is 290 g/mol. The van der Waals surface area contributed by atoms with Crippen LogP contribution >= 0.6 is 11.8 Å². The number of ketones is 1. The molecule has 8 heteroatoms. The molecule has 0 aromatic rings. The van der Waals surface area contributed by atoms with E-state index in [4.69, 9.17) is 15.9 Å². The fourth-order valence-electron chi connectivity index (χ4n) is 1.22. The van der Waals surface area contributed by atoms with Crippen molar-refractivity contribution < 1.29 is 29.4 Å². The van der Waals surface area contributed by atoms with Crippen molar-refractivity contribution >= 4 is 35.4 Å². The molecule has 0 saturated heterocycles. The third-order valence-corrected chi connectivity index (χ3v) is 3.68. The first-order chi connectivity index (χ1) is 8.73. The Kier molecular flexibility index (Phi) is 7.81. The third kappa shape index (κ3) is 8.20. The summed E-state index contributed by atoms with van der Waals surface area (Å²) < 4.78 is 0. The fraction of sp³-hybridized carbons (Fsp3) is 0.545. The quantitative estimate of drug-likeness (QED) is 0.512. The Morgan fingerprint density at radius 2 is 1.84 bits per heavy atom. The number of hydrogen-bond donors (Lipinski definition) is 3. The summed E-state index contributed by atoms with van der Waals surface area (Å²) in [6, 6.07) is 0. The van der Waals surface area contributed by atoms with Crippen LogP contribution in [-0.4, -0.2) is 44.8 Å². The molecule has 1 amide bonds. The molecular formula is C11H16NO6S. The lowest BCUT2D eigenvalue weighted by Crippen LogP contribution is -2.24. The monoisotopic (exact) mass is 290 g/mol. The van der Waals surface area contributed by atoms with Crippen LogP contribution in [0.15, 0.2) is 0 Å². The molecular weight excluding hydrogens is 274 g/mol. The molecule has 0 aliphatic carbocycles. The zero-order valence-corrected chi connectivity index (χ0v) is 11.2.